The van der Waals surface area contributed by atoms with Gasteiger partial charge in [0.1, 0.15) is 0 Å². The van der Waals surface area contributed by atoms with Crippen molar-refractivity contribution in [3.8, 4) is 0 Å². The third kappa shape index (κ3) is 3.73. The quantitative estimate of drug-likeness (QED) is 0.639. The van der Waals surface area contributed by atoms with Crippen LogP contribution in [0.5, 0.6) is 0 Å². The number of hydrogen-bond donors (Lipinski definition) is 1. The minimum absolute atomic E-state index is 0.379. The van der Waals surface area contributed by atoms with Crippen LogP contribution in [0.4, 0.5) is 5.95 Å². The van der Waals surface area contributed by atoms with Crippen LogP contribution in [0.25, 0.3) is 11.2 Å². The Bertz CT molecular complexity index is 1170. The molecule has 9 heteroatoms. The maximum Gasteiger partial charge on any atom is 0.329 e. The summed E-state index contributed by atoms with van der Waals surface area (Å²) in [6, 6.07) is 7.52. The highest BCUT2D eigenvalue weighted by Gasteiger charge is 2.24. The molecule has 0 unspecified atom stereocenters. The molecule has 1 fully saturated rings. The number of piperazine rings is 1. The van der Waals surface area contributed by atoms with Crippen molar-refractivity contribution in [1.82, 2.24) is 24.0 Å². The van der Waals surface area contributed by atoms with Crippen molar-refractivity contribution >= 4 is 28.7 Å². The van der Waals surface area contributed by atoms with Gasteiger partial charge in [0, 0.05) is 44.8 Å². The van der Waals surface area contributed by atoms with Crippen LogP contribution < -0.4 is 16.1 Å². The van der Waals surface area contributed by atoms with Crippen LogP contribution in [0.1, 0.15) is 5.56 Å². The summed E-state index contributed by atoms with van der Waals surface area (Å²) >= 11 is 6.15. The highest BCUT2D eigenvalue weighted by atomic mass is 35.5. The minimum atomic E-state index is -0.475. The molecule has 1 saturated heterocycles. The van der Waals surface area contributed by atoms with Gasteiger partial charge in [0.2, 0.25) is 5.95 Å². The molecule has 1 aliphatic rings. The van der Waals surface area contributed by atoms with Gasteiger partial charge in [-0.3, -0.25) is 23.8 Å². The zero-order valence-corrected chi connectivity index (χ0v) is 17.0. The average Bonchev–Trinajstić information content (AvgIpc) is 3.07. The molecule has 29 heavy (non-hydrogen) atoms. The van der Waals surface area contributed by atoms with E-state index in [2.05, 4.69) is 21.4 Å². The first-order valence-corrected chi connectivity index (χ1v) is 9.88. The van der Waals surface area contributed by atoms with E-state index in [1.807, 2.05) is 34.9 Å². The number of halogens is 1. The topological polar surface area (TPSA) is 79.2 Å². The monoisotopic (exact) mass is 414 g/mol. The number of anilines is 1. The Morgan fingerprint density at radius 3 is 2.69 bits per heavy atom. The van der Waals surface area contributed by atoms with Gasteiger partial charge in [-0.25, -0.2) is 4.79 Å². The molecule has 1 N–H and O–H groups in total. The fourth-order valence-corrected chi connectivity index (χ4v) is 3.96. The third-order valence-corrected chi connectivity index (χ3v) is 5.49. The lowest BCUT2D eigenvalue weighted by Gasteiger charge is -2.34. The van der Waals surface area contributed by atoms with Crippen molar-refractivity contribution in [2.45, 2.75) is 6.54 Å². The second-order valence-electron chi connectivity index (χ2n) is 7.19. The van der Waals surface area contributed by atoms with Gasteiger partial charge in [0.25, 0.3) is 5.56 Å². The normalized spacial score (nSPS) is 15.2. The van der Waals surface area contributed by atoms with Crippen LogP contribution in [0, 0.1) is 0 Å². The molecule has 0 aliphatic carbocycles. The van der Waals surface area contributed by atoms with Gasteiger partial charge in [-0.05, 0) is 17.7 Å². The number of fused-ring (bicyclic) bond motifs is 1. The van der Waals surface area contributed by atoms with Crippen LogP contribution in [0.2, 0.25) is 5.02 Å². The molecule has 3 heterocycles. The van der Waals surface area contributed by atoms with Crippen LogP contribution in [-0.4, -0.2) is 56.7 Å². The molecule has 2 aromatic heterocycles. The highest BCUT2D eigenvalue weighted by Crippen LogP contribution is 2.23. The molecule has 0 atom stereocenters. The standard InChI is InChI=1S/C20H23ClN6O2/c1-3-7-25-8-10-26(11-9-25)19-22-17-16(18(28)23-20(29)24(17)2)27(19)13-14-5-4-6-15(21)12-14/h3-6,12H,1,7-11,13H2,2H3,(H,23,28,29). The van der Waals surface area contributed by atoms with Gasteiger partial charge in [-0.2, -0.15) is 4.98 Å². The maximum atomic E-state index is 12.7. The predicted octanol–water partition coefficient (Wildman–Crippen LogP) is 1.43. The van der Waals surface area contributed by atoms with E-state index >= 15 is 0 Å². The Balaban J connectivity index is 1.81. The van der Waals surface area contributed by atoms with Crippen LogP contribution in [0.15, 0.2) is 46.5 Å². The number of hydrogen-bond acceptors (Lipinski definition) is 5. The van der Waals surface area contributed by atoms with Crippen molar-refractivity contribution in [3.63, 3.8) is 0 Å². The van der Waals surface area contributed by atoms with Gasteiger partial charge < -0.3 is 4.90 Å². The second-order valence-corrected chi connectivity index (χ2v) is 7.63. The van der Waals surface area contributed by atoms with E-state index in [0.717, 1.165) is 38.3 Å². The van der Waals surface area contributed by atoms with Crippen molar-refractivity contribution < 1.29 is 0 Å². The van der Waals surface area contributed by atoms with Crippen LogP contribution in [0.3, 0.4) is 0 Å². The van der Waals surface area contributed by atoms with Crippen molar-refractivity contribution in [1.29, 1.82) is 0 Å². The average molecular weight is 415 g/mol. The summed E-state index contributed by atoms with van der Waals surface area (Å²) < 4.78 is 3.26. The molecule has 0 saturated carbocycles. The summed E-state index contributed by atoms with van der Waals surface area (Å²) in [7, 11) is 1.61. The lowest BCUT2D eigenvalue weighted by Crippen LogP contribution is -2.47. The van der Waals surface area contributed by atoms with Gasteiger partial charge >= 0.3 is 5.69 Å². The number of benzene rings is 1. The Morgan fingerprint density at radius 2 is 2.00 bits per heavy atom. The lowest BCUT2D eigenvalue weighted by atomic mass is 10.2. The molecular formula is C20H23ClN6O2. The van der Waals surface area contributed by atoms with Gasteiger partial charge in [0.05, 0.1) is 6.54 Å². The molecule has 3 aromatic rings. The predicted molar refractivity (Wildman–Crippen MR) is 115 cm³/mol. The zero-order chi connectivity index (χ0) is 20.5. The summed E-state index contributed by atoms with van der Waals surface area (Å²) in [5, 5.41) is 0.632. The summed E-state index contributed by atoms with van der Waals surface area (Å²) in [6.07, 6.45) is 1.90. The number of H-pyrrole nitrogens is 1. The number of aromatic amines is 1. The summed E-state index contributed by atoms with van der Waals surface area (Å²) in [5.74, 6) is 0.685. The smallest absolute Gasteiger partial charge is 0.329 e. The van der Waals surface area contributed by atoms with E-state index in [1.54, 1.807) is 7.05 Å². The third-order valence-electron chi connectivity index (χ3n) is 5.26. The van der Waals surface area contributed by atoms with Gasteiger partial charge in [-0.1, -0.05) is 29.8 Å². The number of nitrogens with zero attached hydrogens (tertiary/aromatic N) is 5. The minimum Gasteiger partial charge on any atom is -0.340 e. The Labute approximate surface area is 172 Å². The molecule has 0 radical (unpaired) electrons. The zero-order valence-electron chi connectivity index (χ0n) is 16.3. The number of rotatable bonds is 5. The molecule has 8 nitrogen and oxygen atoms in total. The molecule has 1 aliphatic heterocycles. The van der Waals surface area contributed by atoms with Crippen LogP contribution in [-0.2, 0) is 13.6 Å². The second kappa shape index (κ2) is 7.88. The Morgan fingerprint density at radius 1 is 1.24 bits per heavy atom. The summed E-state index contributed by atoms with van der Waals surface area (Å²) in [6.45, 7) is 8.39. The van der Waals surface area contributed by atoms with Crippen LogP contribution >= 0.6 is 11.6 Å². The molecule has 1 aromatic carbocycles. The maximum absolute atomic E-state index is 12.7. The molecule has 4 rings (SSSR count). The first-order chi connectivity index (χ1) is 14.0. The summed E-state index contributed by atoms with van der Waals surface area (Å²) in [5.41, 5.74) is 0.808. The van der Waals surface area contributed by atoms with E-state index in [-0.39, 0.29) is 0 Å². The van der Waals surface area contributed by atoms with E-state index in [1.165, 1.54) is 4.57 Å². The largest absolute Gasteiger partial charge is 0.340 e. The van der Waals surface area contributed by atoms with Gasteiger partial charge in [0.15, 0.2) is 11.2 Å². The number of aromatic nitrogens is 4. The number of nitrogens with one attached hydrogen (secondary N) is 1. The van der Waals surface area contributed by atoms with Crippen molar-refractivity contribution in [3.05, 3.63) is 68.3 Å². The van der Waals surface area contributed by atoms with Crippen molar-refractivity contribution in [2.24, 2.45) is 7.05 Å². The molecule has 0 bridgehead atoms. The molecule has 0 amide bonds. The highest BCUT2D eigenvalue weighted by molar-refractivity contribution is 6.30. The first kappa shape index (κ1) is 19.5. The first-order valence-electron chi connectivity index (χ1n) is 9.50. The lowest BCUT2D eigenvalue weighted by molar-refractivity contribution is 0.282. The SMILES string of the molecule is C=CCN1CCN(c2nc3c(c(=O)[nH]c(=O)n3C)n2Cc2cccc(Cl)c2)CC1. The molecule has 152 valence electrons. The molecule has 0 spiro atoms. The summed E-state index contributed by atoms with van der Waals surface area (Å²) in [4.78, 5) is 36.3. The van der Waals surface area contributed by atoms with E-state index < -0.39 is 11.2 Å². The Hall–Kier alpha value is -2.84. The van der Waals surface area contributed by atoms with E-state index in [4.69, 9.17) is 16.6 Å². The fourth-order valence-electron chi connectivity index (χ4n) is 3.75. The number of aryl methyl sites for hydroxylation is 1. The van der Waals surface area contributed by atoms with Gasteiger partial charge in [-0.15, -0.1) is 6.58 Å². The van der Waals surface area contributed by atoms with E-state index in [9.17, 15) is 9.59 Å². The van der Waals surface area contributed by atoms with E-state index in [0.29, 0.717) is 28.7 Å². The fraction of sp³-hybridized carbons (Fsp3) is 0.350. The number of imidazole rings is 1. The molecular weight excluding hydrogens is 392 g/mol. The Kier molecular flexibility index (Phi) is 5.29. The van der Waals surface area contributed by atoms with Crippen molar-refractivity contribution in [2.75, 3.05) is 37.6 Å².